The van der Waals surface area contributed by atoms with Crippen molar-refractivity contribution in [1.82, 2.24) is 10.3 Å². The van der Waals surface area contributed by atoms with Crippen LogP contribution in [0.25, 0.3) is 10.9 Å². The lowest BCUT2D eigenvalue weighted by molar-refractivity contribution is -0.137. The number of pyridine rings is 1. The van der Waals surface area contributed by atoms with Gasteiger partial charge in [0.15, 0.2) is 0 Å². The average Bonchev–Trinajstić information content (AvgIpc) is 2.84. The number of amides is 1. The fourth-order valence-electron chi connectivity index (χ4n) is 5.09. The lowest BCUT2D eigenvalue weighted by Gasteiger charge is -2.34. The van der Waals surface area contributed by atoms with E-state index in [9.17, 15) is 27.9 Å². The molecule has 10 heteroatoms. The largest absolute Gasteiger partial charge is 0.481 e. The van der Waals surface area contributed by atoms with Crippen molar-refractivity contribution in [3.63, 3.8) is 0 Å². The van der Waals surface area contributed by atoms with Crippen molar-refractivity contribution in [2.45, 2.75) is 51.4 Å². The van der Waals surface area contributed by atoms with Gasteiger partial charge in [-0.05, 0) is 68.1 Å². The number of halogens is 4. The van der Waals surface area contributed by atoms with Gasteiger partial charge in [-0.15, -0.1) is 0 Å². The third-order valence-corrected chi connectivity index (χ3v) is 7.47. The molecule has 2 aromatic carbocycles. The third-order valence-electron chi connectivity index (χ3n) is 6.98. The Bertz CT molecular complexity index is 1380. The van der Waals surface area contributed by atoms with Gasteiger partial charge in [-0.1, -0.05) is 22.0 Å². The number of hydrogen-bond donors (Lipinski definition) is 2. The number of aryl methyl sites for hydroxylation is 1. The molecule has 1 atom stereocenters. The van der Waals surface area contributed by atoms with E-state index in [4.69, 9.17) is 0 Å². The van der Waals surface area contributed by atoms with E-state index in [0.717, 1.165) is 10.0 Å². The van der Waals surface area contributed by atoms with E-state index >= 15 is 0 Å². The van der Waals surface area contributed by atoms with Crippen LogP contribution in [0.2, 0.25) is 0 Å². The normalized spacial score (nSPS) is 15.9. The van der Waals surface area contributed by atoms with Gasteiger partial charge in [0, 0.05) is 47.3 Å². The number of carbonyl (C=O) groups excluding carboxylic acids is 1. The second-order valence-electron chi connectivity index (χ2n) is 9.82. The molecule has 4 rings (SSSR count). The molecule has 0 unspecified atom stereocenters. The fourth-order valence-corrected chi connectivity index (χ4v) is 5.45. The Kier molecular flexibility index (Phi) is 8.30. The Morgan fingerprint density at radius 2 is 1.97 bits per heavy atom. The molecule has 6 nitrogen and oxygen atoms in total. The van der Waals surface area contributed by atoms with Crippen LogP contribution in [0.4, 0.5) is 19.0 Å². The second-order valence-corrected chi connectivity index (χ2v) is 10.7. The zero-order valence-electron chi connectivity index (χ0n) is 21.2. The van der Waals surface area contributed by atoms with E-state index in [0.29, 0.717) is 46.4 Å². The summed E-state index contributed by atoms with van der Waals surface area (Å²) in [6.07, 6.45) is 0.184. The highest BCUT2D eigenvalue weighted by Gasteiger charge is 2.37. The number of aliphatic carboxylic acids is 1. The van der Waals surface area contributed by atoms with Crippen LogP contribution in [0.3, 0.4) is 0 Å². The zero-order valence-corrected chi connectivity index (χ0v) is 22.7. The first-order valence-electron chi connectivity index (χ1n) is 12.4. The number of anilines is 1. The molecule has 1 aromatic heterocycles. The minimum Gasteiger partial charge on any atom is -0.481 e. The van der Waals surface area contributed by atoms with Gasteiger partial charge >= 0.3 is 5.97 Å². The quantitative estimate of drug-likeness (QED) is 0.318. The first-order valence-corrected chi connectivity index (χ1v) is 13.2. The van der Waals surface area contributed by atoms with Gasteiger partial charge in [0.1, 0.15) is 11.6 Å². The lowest BCUT2D eigenvalue weighted by Crippen LogP contribution is -2.43. The summed E-state index contributed by atoms with van der Waals surface area (Å²) in [6.45, 7) is 3.51. The highest BCUT2D eigenvalue weighted by Crippen LogP contribution is 2.35. The Labute approximate surface area is 227 Å². The zero-order chi connectivity index (χ0) is 27.6. The van der Waals surface area contributed by atoms with Crippen LogP contribution >= 0.6 is 15.9 Å². The van der Waals surface area contributed by atoms with Gasteiger partial charge in [-0.3, -0.25) is 9.59 Å². The SMILES string of the molecule is Cc1ccc(F)cc1[C@@H](CCC(=O)O)CNC(=O)c1c(C)c(N2CCCC(F)(F)C2)nc2ccc(Br)cc12. The van der Waals surface area contributed by atoms with Gasteiger partial charge in [0.2, 0.25) is 0 Å². The highest BCUT2D eigenvalue weighted by molar-refractivity contribution is 9.10. The Morgan fingerprint density at radius 1 is 1.21 bits per heavy atom. The van der Waals surface area contributed by atoms with Crippen molar-refractivity contribution in [3.05, 3.63) is 68.9 Å². The molecular weight excluding hydrogens is 563 g/mol. The van der Waals surface area contributed by atoms with Crippen LogP contribution in [0.1, 0.15) is 58.6 Å². The number of carboxylic acids is 1. The van der Waals surface area contributed by atoms with E-state index in [1.165, 1.54) is 17.0 Å². The minimum atomic E-state index is -2.84. The average molecular weight is 592 g/mol. The van der Waals surface area contributed by atoms with Crippen molar-refractivity contribution in [2.24, 2.45) is 0 Å². The van der Waals surface area contributed by atoms with Gasteiger partial charge in [0.25, 0.3) is 11.8 Å². The Balaban J connectivity index is 1.70. The van der Waals surface area contributed by atoms with Crippen molar-refractivity contribution in [3.8, 4) is 0 Å². The molecule has 2 N–H and O–H groups in total. The molecule has 3 aromatic rings. The van der Waals surface area contributed by atoms with Gasteiger partial charge < -0.3 is 15.3 Å². The number of benzene rings is 2. The molecule has 1 fully saturated rings. The van der Waals surface area contributed by atoms with E-state index in [-0.39, 0.29) is 25.8 Å². The number of carbonyl (C=O) groups is 2. The van der Waals surface area contributed by atoms with E-state index in [1.54, 1.807) is 31.2 Å². The molecule has 1 aliphatic heterocycles. The van der Waals surface area contributed by atoms with Gasteiger partial charge in [0.05, 0.1) is 17.6 Å². The smallest absolute Gasteiger partial charge is 0.303 e. The van der Waals surface area contributed by atoms with E-state index < -0.39 is 36.1 Å². The first-order chi connectivity index (χ1) is 17.9. The summed E-state index contributed by atoms with van der Waals surface area (Å²) in [5.74, 6) is -4.81. The Hall–Kier alpha value is -3.14. The number of fused-ring (bicyclic) bond motifs is 1. The van der Waals surface area contributed by atoms with Crippen LogP contribution in [-0.2, 0) is 4.79 Å². The summed E-state index contributed by atoms with van der Waals surface area (Å²) < 4.78 is 43.2. The summed E-state index contributed by atoms with van der Waals surface area (Å²) in [5, 5.41) is 12.7. The van der Waals surface area contributed by atoms with Crippen LogP contribution in [0, 0.1) is 19.7 Å². The molecule has 1 amide bonds. The van der Waals surface area contributed by atoms with E-state index in [2.05, 4.69) is 26.2 Å². The molecule has 38 heavy (non-hydrogen) atoms. The van der Waals surface area contributed by atoms with E-state index in [1.807, 2.05) is 6.92 Å². The number of aromatic nitrogens is 1. The standard InChI is InChI=1S/C28H29BrF3N3O3/c1-16-4-7-20(30)13-21(16)18(5-9-24(36)37)14-33-27(38)25-17(2)26(35-11-3-10-28(31,32)15-35)34-23-8-6-19(29)12-22(23)25/h4,6-8,12-13,18H,3,5,9-11,14-15H2,1-2H3,(H,33,38)(H,36,37)/t18-/m0/s1. The monoisotopic (exact) mass is 591 g/mol. The number of nitrogens with zero attached hydrogens (tertiary/aromatic N) is 2. The molecule has 0 spiro atoms. The molecule has 0 aliphatic carbocycles. The lowest BCUT2D eigenvalue weighted by atomic mass is 9.90. The maximum atomic E-state index is 14.2. The maximum absolute atomic E-state index is 14.2. The molecule has 0 bridgehead atoms. The van der Waals surface area contributed by atoms with Crippen molar-refractivity contribution in [1.29, 1.82) is 0 Å². The molecule has 1 aliphatic rings. The van der Waals surface area contributed by atoms with Gasteiger partial charge in [-0.25, -0.2) is 18.2 Å². The van der Waals surface area contributed by atoms with Crippen LogP contribution in [0.5, 0.6) is 0 Å². The number of alkyl halides is 2. The van der Waals surface area contributed by atoms with Crippen LogP contribution in [0.15, 0.2) is 40.9 Å². The minimum absolute atomic E-state index is 0.0742. The number of rotatable bonds is 8. The van der Waals surface area contributed by atoms with Gasteiger partial charge in [-0.2, -0.15) is 0 Å². The number of nitrogens with one attached hydrogen (secondary N) is 1. The third kappa shape index (κ3) is 6.28. The summed E-state index contributed by atoms with van der Waals surface area (Å²) in [7, 11) is 0. The van der Waals surface area contributed by atoms with Crippen molar-refractivity contribution >= 4 is 44.5 Å². The summed E-state index contributed by atoms with van der Waals surface area (Å²) in [6, 6.07) is 9.59. The summed E-state index contributed by atoms with van der Waals surface area (Å²) >= 11 is 3.43. The Morgan fingerprint density at radius 3 is 2.68 bits per heavy atom. The maximum Gasteiger partial charge on any atom is 0.303 e. The topological polar surface area (TPSA) is 82.5 Å². The van der Waals surface area contributed by atoms with Crippen LogP contribution < -0.4 is 10.2 Å². The molecule has 1 saturated heterocycles. The number of carboxylic acid groups (broad SMARTS) is 1. The predicted molar refractivity (Wildman–Crippen MR) is 144 cm³/mol. The number of hydrogen-bond acceptors (Lipinski definition) is 4. The van der Waals surface area contributed by atoms with Crippen molar-refractivity contribution in [2.75, 3.05) is 24.5 Å². The predicted octanol–water partition coefficient (Wildman–Crippen LogP) is 6.37. The molecule has 0 radical (unpaired) electrons. The van der Waals surface area contributed by atoms with Crippen molar-refractivity contribution < 1.29 is 27.9 Å². The second kappa shape index (κ2) is 11.3. The highest BCUT2D eigenvalue weighted by atomic mass is 79.9. The summed E-state index contributed by atoms with van der Waals surface area (Å²) in [5.41, 5.74) is 2.71. The molecule has 202 valence electrons. The fraction of sp³-hybridized carbons (Fsp3) is 0.393. The summed E-state index contributed by atoms with van der Waals surface area (Å²) in [4.78, 5) is 31.1. The van der Waals surface area contributed by atoms with Crippen LogP contribution in [-0.4, -0.2) is 47.5 Å². The molecule has 0 saturated carbocycles. The molecule has 2 heterocycles. The number of piperidine rings is 1. The first kappa shape index (κ1) is 27.9. The molecular formula is C28H29BrF3N3O3.